The molecule has 8 nitrogen and oxygen atoms in total. The summed E-state index contributed by atoms with van der Waals surface area (Å²) in [6.45, 7) is 2.40. The number of rotatable bonds is 9. The molecule has 0 heterocycles. The second-order valence-electron chi connectivity index (χ2n) is 7.06. The third kappa shape index (κ3) is 6.49. The van der Waals surface area contributed by atoms with Gasteiger partial charge in [-0.2, -0.15) is 0 Å². The number of nitrogens with one attached hydrogen (secondary N) is 3. The van der Waals surface area contributed by atoms with Crippen LogP contribution < -0.4 is 16.0 Å². The average molecular weight is 411 g/mol. The highest BCUT2D eigenvalue weighted by molar-refractivity contribution is 7.89. The summed E-state index contributed by atoms with van der Waals surface area (Å²) in [5.74, 6) is -0.452. The van der Waals surface area contributed by atoms with Gasteiger partial charge in [-0.3, -0.25) is 10.1 Å². The van der Waals surface area contributed by atoms with Gasteiger partial charge in [0, 0.05) is 25.3 Å². The highest BCUT2D eigenvalue weighted by Gasteiger charge is 2.20. The highest BCUT2D eigenvalue weighted by atomic mass is 32.2. The Hall–Kier alpha value is -2.13. The monoisotopic (exact) mass is 410 g/mol. The smallest absolute Gasteiger partial charge is 0.321 e. The second kappa shape index (κ2) is 10.4. The Kier molecular flexibility index (Phi) is 8.25. The number of sulfonamides is 1. The Labute approximate surface area is 167 Å². The van der Waals surface area contributed by atoms with Gasteiger partial charge in [-0.15, -0.1) is 0 Å². The van der Waals surface area contributed by atoms with Crippen molar-refractivity contribution in [2.45, 2.75) is 56.4 Å². The van der Waals surface area contributed by atoms with E-state index in [-0.39, 0.29) is 17.5 Å². The minimum absolute atomic E-state index is 0.0828. The first-order valence-electron chi connectivity index (χ1n) is 9.73. The summed E-state index contributed by atoms with van der Waals surface area (Å²) in [5, 5.41) is 7.97. The van der Waals surface area contributed by atoms with E-state index in [1.165, 1.54) is 16.4 Å². The predicted molar refractivity (Wildman–Crippen MR) is 109 cm³/mol. The number of carbonyl (C=O) groups excluding carboxylic acids is 2. The van der Waals surface area contributed by atoms with E-state index in [9.17, 15) is 18.0 Å². The van der Waals surface area contributed by atoms with Crippen molar-refractivity contribution in [1.82, 2.24) is 14.9 Å². The van der Waals surface area contributed by atoms with E-state index < -0.39 is 22.0 Å². The number of hydrogen-bond donors (Lipinski definition) is 3. The van der Waals surface area contributed by atoms with Gasteiger partial charge >= 0.3 is 6.03 Å². The molecule has 0 aliphatic heterocycles. The topological polar surface area (TPSA) is 108 Å². The Bertz CT molecular complexity index is 759. The summed E-state index contributed by atoms with van der Waals surface area (Å²) in [6, 6.07) is 5.88. The van der Waals surface area contributed by atoms with Gasteiger partial charge in [0.1, 0.15) is 0 Å². The summed E-state index contributed by atoms with van der Waals surface area (Å²) in [6.07, 6.45) is 5.81. The number of unbranched alkanes of at least 4 members (excludes halogenated alkanes) is 1. The van der Waals surface area contributed by atoms with Crippen LogP contribution in [0.3, 0.4) is 0 Å². The quantitative estimate of drug-likeness (QED) is 0.579. The van der Waals surface area contributed by atoms with Gasteiger partial charge in [-0.05, 0) is 43.5 Å². The summed E-state index contributed by atoms with van der Waals surface area (Å²) < 4.78 is 26.3. The lowest BCUT2D eigenvalue weighted by Gasteiger charge is -2.17. The van der Waals surface area contributed by atoms with Gasteiger partial charge in [0.05, 0.1) is 11.4 Å². The van der Waals surface area contributed by atoms with Crippen LogP contribution in [-0.2, 0) is 14.8 Å². The summed E-state index contributed by atoms with van der Waals surface area (Å²) >= 11 is 0. The first kappa shape index (κ1) is 22.2. The van der Waals surface area contributed by atoms with Crippen molar-refractivity contribution < 1.29 is 18.0 Å². The molecule has 3 amide bonds. The first-order valence-corrected chi connectivity index (χ1v) is 11.2. The molecule has 1 aliphatic rings. The molecule has 1 aromatic carbocycles. The molecule has 0 radical (unpaired) electrons. The molecule has 28 heavy (non-hydrogen) atoms. The SMILES string of the molecule is CCCCN(C)S(=O)(=O)c1ccc(NCC(=O)NC(=O)NC2CCCC2)cc1. The molecule has 3 N–H and O–H groups in total. The van der Waals surface area contributed by atoms with Crippen molar-refractivity contribution in [3.63, 3.8) is 0 Å². The molecule has 2 rings (SSSR count). The molecule has 0 bridgehead atoms. The number of amides is 3. The summed E-state index contributed by atoms with van der Waals surface area (Å²) in [7, 11) is -1.95. The van der Waals surface area contributed by atoms with Crippen molar-refractivity contribution in [2.75, 3.05) is 25.5 Å². The van der Waals surface area contributed by atoms with Crippen LogP contribution in [0.5, 0.6) is 0 Å². The number of hydrogen-bond acceptors (Lipinski definition) is 5. The number of carbonyl (C=O) groups is 2. The fourth-order valence-corrected chi connectivity index (χ4v) is 4.28. The second-order valence-corrected chi connectivity index (χ2v) is 9.11. The molecular weight excluding hydrogens is 380 g/mol. The van der Waals surface area contributed by atoms with Crippen molar-refractivity contribution >= 4 is 27.6 Å². The number of benzene rings is 1. The fourth-order valence-electron chi connectivity index (χ4n) is 3.07. The third-order valence-electron chi connectivity index (χ3n) is 4.79. The van der Waals surface area contributed by atoms with Crippen LogP contribution in [0, 0.1) is 0 Å². The van der Waals surface area contributed by atoms with Crippen LogP contribution in [-0.4, -0.2) is 50.8 Å². The van der Waals surface area contributed by atoms with Crippen LogP contribution in [0.4, 0.5) is 10.5 Å². The van der Waals surface area contributed by atoms with Crippen LogP contribution in [0.2, 0.25) is 0 Å². The van der Waals surface area contributed by atoms with Crippen molar-refractivity contribution in [3.05, 3.63) is 24.3 Å². The van der Waals surface area contributed by atoms with E-state index in [0.29, 0.717) is 12.2 Å². The molecule has 9 heteroatoms. The molecule has 1 fully saturated rings. The zero-order chi connectivity index (χ0) is 20.6. The van der Waals surface area contributed by atoms with E-state index in [1.807, 2.05) is 6.92 Å². The Morgan fingerprint density at radius 3 is 2.39 bits per heavy atom. The maximum atomic E-state index is 12.5. The molecule has 1 aliphatic carbocycles. The zero-order valence-electron chi connectivity index (χ0n) is 16.5. The summed E-state index contributed by atoms with van der Waals surface area (Å²) in [4.78, 5) is 23.9. The molecule has 0 unspecified atom stereocenters. The van der Waals surface area contributed by atoms with Crippen LogP contribution in [0.25, 0.3) is 0 Å². The maximum Gasteiger partial charge on any atom is 0.321 e. The molecule has 0 saturated heterocycles. The van der Waals surface area contributed by atoms with Crippen molar-refractivity contribution in [2.24, 2.45) is 0 Å². The highest BCUT2D eigenvalue weighted by Crippen LogP contribution is 2.18. The lowest BCUT2D eigenvalue weighted by Crippen LogP contribution is -2.45. The predicted octanol–water partition coefficient (Wildman–Crippen LogP) is 2.29. The lowest BCUT2D eigenvalue weighted by atomic mass is 10.2. The van der Waals surface area contributed by atoms with Crippen LogP contribution in [0.1, 0.15) is 45.4 Å². The number of urea groups is 1. The fraction of sp³-hybridized carbons (Fsp3) is 0.579. The van der Waals surface area contributed by atoms with Gasteiger partial charge in [0.15, 0.2) is 0 Å². The molecule has 1 saturated carbocycles. The molecule has 1 aromatic rings. The Balaban J connectivity index is 1.81. The van der Waals surface area contributed by atoms with E-state index in [1.54, 1.807) is 19.2 Å². The van der Waals surface area contributed by atoms with Crippen LogP contribution >= 0.6 is 0 Å². The zero-order valence-corrected chi connectivity index (χ0v) is 17.3. The number of imide groups is 1. The minimum atomic E-state index is -3.51. The molecule has 0 atom stereocenters. The first-order chi connectivity index (χ1) is 13.3. The van der Waals surface area contributed by atoms with E-state index in [4.69, 9.17) is 0 Å². The minimum Gasteiger partial charge on any atom is -0.376 e. The van der Waals surface area contributed by atoms with Gasteiger partial charge < -0.3 is 10.6 Å². The Morgan fingerprint density at radius 1 is 1.14 bits per heavy atom. The van der Waals surface area contributed by atoms with E-state index in [2.05, 4.69) is 16.0 Å². The largest absolute Gasteiger partial charge is 0.376 e. The lowest BCUT2D eigenvalue weighted by molar-refractivity contribution is -0.118. The van der Waals surface area contributed by atoms with Crippen molar-refractivity contribution in [3.8, 4) is 0 Å². The van der Waals surface area contributed by atoms with Crippen LogP contribution in [0.15, 0.2) is 29.2 Å². The van der Waals surface area contributed by atoms with Gasteiger partial charge in [0.2, 0.25) is 15.9 Å². The third-order valence-corrected chi connectivity index (χ3v) is 6.66. The molecule has 0 spiro atoms. The molecule has 0 aromatic heterocycles. The van der Waals surface area contributed by atoms with Gasteiger partial charge in [-0.1, -0.05) is 26.2 Å². The van der Waals surface area contributed by atoms with E-state index in [0.717, 1.165) is 38.5 Å². The number of anilines is 1. The summed E-state index contributed by atoms with van der Waals surface area (Å²) in [5.41, 5.74) is 0.599. The standard InChI is InChI=1S/C19H30N4O4S/c1-3-4-13-23(2)28(26,27)17-11-9-15(10-12-17)20-14-18(24)22-19(25)21-16-7-5-6-8-16/h9-12,16,20H,3-8,13-14H2,1-2H3,(H2,21,22,24,25). The average Bonchev–Trinajstić information content (AvgIpc) is 3.17. The van der Waals surface area contributed by atoms with E-state index >= 15 is 0 Å². The van der Waals surface area contributed by atoms with Crippen molar-refractivity contribution in [1.29, 1.82) is 0 Å². The molecular formula is C19H30N4O4S. The van der Waals surface area contributed by atoms with Gasteiger partial charge in [-0.25, -0.2) is 17.5 Å². The number of nitrogens with zero attached hydrogens (tertiary/aromatic N) is 1. The normalized spacial score (nSPS) is 14.8. The maximum absolute atomic E-state index is 12.5. The molecule has 156 valence electrons. The Morgan fingerprint density at radius 2 is 1.79 bits per heavy atom. The van der Waals surface area contributed by atoms with Gasteiger partial charge in [0.25, 0.3) is 0 Å².